The van der Waals surface area contributed by atoms with Gasteiger partial charge in [0.2, 0.25) is 10.0 Å². The zero-order chi connectivity index (χ0) is 16.5. The minimum Gasteiger partial charge on any atom is -0.451 e. The fraction of sp³-hybridized carbons (Fsp3) is 0.400. The molecular weight excluding hydrogens is 304 g/mol. The molecule has 0 unspecified atom stereocenters. The normalized spacial score (nSPS) is 12.0. The van der Waals surface area contributed by atoms with Crippen LogP contribution in [0.5, 0.6) is 0 Å². The number of carbonyl (C=O) groups excluding carboxylic acids is 1. The minimum absolute atomic E-state index is 0.211. The van der Waals surface area contributed by atoms with Crippen LogP contribution in [0.2, 0.25) is 0 Å². The molecule has 1 amide bonds. The molecule has 1 aromatic heterocycles. The Morgan fingerprint density at radius 2 is 2.00 bits per heavy atom. The maximum atomic E-state index is 12.2. The zero-order valence-corrected chi connectivity index (χ0v) is 14.0. The summed E-state index contributed by atoms with van der Waals surface area (Å²) >= 11 is 0. The third-order valence-corrected chi connectivity index (χ3v) is 4.89. The molecule has 6 nitrogen and oxygen atoms in total. The molecule has 1 heterocycles. The van der Waals surface area contributed by atoms with E-state index >= 15 is 0 Å². The largest absolute Gasteiger partial charge is 0.451 e. The number of hydrogen-bond donors (Lipinski definition) is 1. The van der Waals surface area contributed by atoms with Gasteiger partial charge in [0.05, 0.1) is 6.26 Å². The Kier molecular flexibility index (Phi) is 4.58. The molecule has 0 aliphatic heterocycles. The van der Waals surface area contributed by atoms with E-state index in [0.717, 1.165) is 22.8 Å². The van der Waals surface area contributed by atoms with Crippen molar-refractivity contribution in [1.29, 1.82) is 0 Å². The molecule has 2 rings (SSSR count). The Bertz CT molecular complexity index is 808. The number of nitrogens with zero attached hydrogens (tertiary/aromatic N) is 1. The van der Waals surface area contributed by atoms with Crippen molar-refractivity contribution in [2.45, 2.75) is 13.8 Å². The van der Waals surface area contributed by atoms with Gasteiger partial charge in [-0.25, -0.2) is 12.7 Å². The molecule has 0 aliphatic rings. The van der Waals surface area contributed by atoms with Gasteiger partial charge in [-0.2, -0.15) is 0 Å². The van der Waals surface area contributed by atoms with Crippen LogP contribution >= 0.6 is 0 Å². The fourth-order valence-electron chi connectivity index (χ4n) is 2.12. The average Bonchev–Trinajstić information content (AvgIpc) is 2.74. The zero-order valence-electron chi connectivity index (χ0n) is 13.1. The highest BCUT2D eigenvalue weighted by molar-refractivity contribution is 7.88. The van der Waals surface area contributed by atoms with Gasteiger partial charge in [0.15, 0.2) is 5.76 Å². The molecule has 120 valence electrons. The van der Waals surface area contributed by atoms with Gasteiger partial charge in [0.1, 0.15) is 5.58 Å². The van der Waals surface area contributed by atoms with Crippen molar-refractivity contribution in [2.75, 3.05) is 26.4 Å². The maximum absolute atomic E-state index is 12.2. The molecule has 0 saturated heterocycles. The molecule has 0 saturated carbocycles. The van der Waals surface area contributed by atoms with Gasteiger partial charge in [-0.1, -0.05) is 12.1 Å². The van der Waals surface area contributed by atoms with Crippen LogP contribution in [0.25, 0.3) is 11.0 Å². The number of hydrogen-bond acceptors (Lipinski definition) is 4. The van der Waals surface area contributed by atoms with E-state index in [-0.39, 0.29) is 24.8 Å². The number of amides is 1. The summed E-state index contributed by atoms with van der Waals surface area (Å²) in [6.45, 7) is 4.22. The molecular formula is C15H20N2O4S. The Morgan fingerprint density at radius 3 is 2.64 bits per heavy atom. The summed E-state index contributed by atoms with van der Waals surface area (Å²) in [7, 11) is -1.77. The molecule has 0 spiro atoms. The van der Waals surface area contributed by atoms with Gasteiger partial charge >= 0.3 is 0 Å². The van der Waals surface area contributed by atoms with E-state index in [9.17, 15) is 13.2 Å². The second-order valence-corrected chi connectivity index (χ2v) is 7.49. The Morgan fingerprint density at radius 1 is 1.32 bits per heavy atom. The average molecular weight is 324 g/mol. The predicted octanol–water partition coefficient (Wildman–Crippen LogP) is 1.67. The highest BCUT2D eigenvalue weighted by Crippen LogP contribution is 2.25. The lowest BCUT2D eigenvalue weighted by Gasteiger charge is -2.13. The summed E-state index contributed by atoms with van der Waals surface area (Å²) < 4.78 is 29.4. The van der Waals surface area contributed by atoms with Crippen LogP contribution in [-0.2, 0) is 10.0 Å². The van der Waals surface area contributed by atoms with Crippen molar-refractivity contribution in [3.63, 3.8) is 0 Å². The van der Waals surface area contributed by atoms with Crippen molar-refractivity contribution in [1.82, 2.24) is 9.62 Å². The third-order valence-electron chi connectivity index (χ3n) is 3.58. The Balaban J connectivity index is 2.09. The standard InChI is InChI=1S/C15H20N2O4S/c1-10-5-6-12-11(2)14(21-13(12)9-10)15(18)16-7-8-17(3)22(4,19)20/h5-6,9H,7-8H2,1-4H3,(H,16,18). The highest BCUT2D eigenvalue weighted by Gasteiger charge is 2.18. The molecule has 0 aliphatic carbocycles. The van der Waals surface area contributed by atoms with Crippen LogP contribution in [0.4, 0.5) is 0 Å². The molecule has 0 bridgehead atoms. The molecule has 2 aromatic rings. The van der Waals surface area contributed by atoms with Crippen LogP contribution in [0.15, 0.2) is 22.6 Å². The molecule has 22 heavy (non-hydrogen) atoms. The summed E-state index contributed by atoms with van der Waals surface area (Å²) in [5.74, 6) is -0.0733. The SMILES string of the molecule is Cc1ccc2c(C)c(C(=O)NCCN(C)S(C)(=O)=O)oc2c1. The quantitative estimate of drug-likeness (QED) is 0.907. The van der Waals surface area contributed by atoms with Gasteiger partial charge in [-0.3, -0.25) is 4.79 Å². The van der Waals surface area contributed by atoms with Gasteiger partial charge < -0.3 is 9.73 Å². The number of benzene rings is 1. The minimum atomic E-state index is -3.24. The van der Waals surface area contributed by atoms with E-state index in [1.807, 2.05) is 32.0 Å². The van der Waals surface area contributed by atoms with Crippen molar-refractivity contribution >= 4 is 26.9 Å². The lowest BCUT2D eigenvalue weighted by molar-refractivity contribution is 0.0926. The van der Waals surface area contributed by atoms with Crippen LogP contribution in [-0.4, -0.2) is 45.0 Å². The second-order valence-electron chi connectivity index (χ2n) is 5.40. The van der Waals surface area contributed by atoms with Crippen LogP contribution in [0.3, 0.4) is 0 Å². The number of sulfonamides is 1. The highest BCUT2D eigenvalue weighted by atomic mass is 32.2. The van der Waals surface area contributed by atoms with E-state index in [2.05, 4.69) is 5.32 Å². The topological polar surface area (TPSA) is 79.6 Å². The van der Waals surface area contributed by atoms with Crippen molar-refractivity contribution < 1.29 is 17.6 Å². The summed E-state index contributed by atoms with van der Waals surface area (Å²) in [5.41, 5.74) is 2.52. The predicted molar refractivity (Wildman–Crippen MR) is 85.5 cm³/mol. The number of rotatable bonds is 5. The number of furan rings is 1. The first kappa shape index (κ1) is 16.5. The summed E-state index contributed by atoms with van der Waals surface area (Å²) in [4.78, 5) is 12.2. The van der Waals surface area contributed by atoms with E-state index < -0.39 is 10.0 Å². The lowest BCUT2D eigenvalue weighted by atomic mass is 10.1. The first-order chi connectivity index (χ1) is 10.2. The third kappa shape index (κ3) is 3.48. The monoisotopic (exact) mass is 324 g/mol. The molecule has 1 aromatic carbocycles. The number of likely N-dealkylation sites (N-methyl/N-ethyl adjacent to an activating group) is 1. The van der Waals surface area contributed by atoms with Gasteiger partial charge in [0.25, 0.3) is 5.91 Å². The number of aryl methyl sites for hydroxylation is 2. The van der Waals surface area contributed by atoms with Gasteiger partial charge in [0, 0.05) is 31.1 Å². The van der Waals surface area contributed by atoms with E-state index in [4.69, 9.17) is 4.42 Å². The maximum Gasteiger partial charge on any atom is 0.287 e. The smallest absolute Gasteiger partial charge is 0.287 e. The van der Waals surface area contributed by atoms with Crippen molar-refractivity contribution in [3.8, 4) is 0 Å². The van der Waals surface area contributed by atoms with Crippen LogP contribution in [0, 0.1) is 13.8 Å². The first-order valence-electron chi connectivity index (χ1n) is 6.89. The number of fused-ring (bicyclic) bond motifs is 1. The Labute approximate surface area is 130 Å². The molecule has 7 heteroatoms. The van der Waals surface area contributed by atoms with E-state index in [0.29, 0.717) is 5.58 Å². The second kappa shape index (κ2) is 6.10. The summed E-state index contributed by atoms with van der Waals surface area (Å²) in [6, 6.07) is 5.78. The number of nitrogens with one attached hydrogen (secondary N) is 1. The molecule has 0 radical (unpaired) electrons. The van der Waals surface area contributed by atoms with Crippen LogP contribution < -0.4 is 5.32 Å². The lowest BCUT2D eigenvalue weighted by Crippen LogP contribution is -2.35. The number of carbonyl (C=O) groups is 1. The van der Waals surface area contributed by atoms with Gasteiger partial charge in [-0.05, 0) is 25.5 Å². The Hall–Kier alpha value is -1.86. The molecule has 0 atom stereocenters. The summed E-state index contributed by atoms with van der Waals surface area (Å²) in [5, 5.41) is 3.59. The van der Waals surface area contributed by atoms with E-state index in [1.54, 1.807) is 0 Å². The van der Waals surface area contributed by atoms with Crippen molar-refractivity contribution in [2.24, 2.45) is 0 Å². The molecule has 1 N–H and O–H groups in total. The van der Waals surface area contributed by atoms with Crippen molar-refractivity contribution in [3.05, 3.63) is 35.1 Å². The molecule has 0 fully saturated rings. The van der Waals surface area contributed by atoms with E-state index in [1.165, 1.54) is 11.4 Å². The van der Waals surface area contributed by atoms with Crippen LogP contribution in [0.1, 0.15) is 21.7 Å². The fourth-order valence-corrected chi connectivity index (χ4v) is 2.55. The van der Waals surface area contributed by atoms with Gasteiger partial charge in [-0.15, -0.1) is 0 Å². The summed E-state index contributed by atoms with van der Waals surface area (Å²) in [6.07, 6.45) is 1.13. The first-order valence-corrected chi connectivity index (χ1v) is 8.74.